The van der Waals surface area contributed by atoms with Gasteiger partial charge in [-0.2, -0.15) is 0 Å². The molecular weight excluding hydrogens is 258 g/mol. The number of hydrogen-bond acceptors (Lipinski definition) is 4. The van der Waals surface area contributed by atoms with Crippen molar-refractivity contribution >= 4 is 11.9 Å². The van der Waals surface area contributed by atoms with Crippen LogP contribution in [0.25, 0.3) is 0 Å². The minimum absolute atomic E-state index is 0.146. The number of carbonyl (C=O) groups excluding carboxylic acids is 2. The highest BCUT2D eigenvalue weighted by molar-refractivity contribution is 5.84. The molecule has 0 spiro atoms. The van der Waals surface area contributed by atoms with Gasteiger partial charge in [0.2, 0.25) is 5.91 Å². The third kappa shape index (κ3) is 5.90. The molecule has 0 unspecified atom stereocenters. The van der Waals surface area contributed by atoms with E-state index in [9.17, 15) is 14.7 Å². The summed E-state index contributed by atoms with van der Waals surface area (Å²) in [5.41, 5.74) is 0. The fourth-order valence-electron chi connectivity index (χ4n) is 2.59. The summed E-state index contributed by atoms with van der Waals surface area (Å²) in [5.74, 6) is -2.28. The van der Waals surface area contributed by atoms with Crippen molar-refractivity contribution in [1.82, 2.24) is 5.32 Å². The number of carboxylic acid groups (broad SMARTS) is 1. The van der Waals surface area contributed by atoms with Crippen LogP contribution >= 0.6 is 0 Å². The van der Waals surface area contributed by atoms with E-state index in [1.807, 2.05) is 0 Å². The molecule has 1 fully saturated rings. The Morgan fingerprint density at radius 2 is 1.80 bits per heavy atom. The molecule has 1 N–H and O–H groups in total. The van der Waals surface area contributed by atoms with Crippen molar-refractivity contribution in [1.29, 1.82) is 0 Å². The van der Waals surface area contributed by atoms with Crippen molar-refractivity contribution in [2.24, 2.45) is 11.8 Å². The maximum absolute atomic E-state index is 12.0. The maximum atomic E-state index is 12.0. The molecule has 0 radical (unpaired) electrons. The molecule has 0 aromatic carbocycles. The quantitative estimate of drug-likeness (QED) is 0.637. The van der Waals surface area contributed by atoms with Crippen LogP contribution in [0, 0.1) is 11.8 Å². The first-order chi connectivity index (χ1) is 9.66. The van der Waals surface area contributed by atoms with Crippen LogP contribution in [0.5, 0.6) is 0 Å². The van der Waals surface area contributed by atoms with Crippen molar-refractivity contribution in [3.63, 3.8) is 0 Å². The van der Waals surface area contributed by atoms with E-state index < -0.39 is 17.8 Å². The molecule has 5 heteroatoms. The normalized spacial score (nSPS) is 22.4. The lowest BCUT2D eigenvalue weighted by Crippen LogP contribution is -2.44. The molecule has 0 aliphatic heterocycles. The van der Waals surface area contributed by atoms with Gasteiger partial charge in [-0.15, -0.1) is 0 Å². The fraction of sp³-hybridized carbons (Fsp3) is 0.867. The highest BCUT2D eigenvalue weighted by atomic mass is 16.5. The number of nitrogens with one attached hydrogen (secondary N) is 1. The SMILES string of the molecule is CCCCOCCCNC(=O)[C@H]1CCCC[C@H]1C(=O)[O-]. The lowest BCUT2D eigenvalue weighted by molar-refractivity contribution is -0.314. The Labute approximate surface area is 121 Å². The Morgan fingerprint density at radius 3 is 2.45 bits per heavy atom. The third-order valence-electron chi connectivity index (χ3n) is 3.81. The topological polar surface area (TPSA) is 78.5 Å². The lowest BCUT2D eigenvalue weighted by Gasteiger charge is -2.31. The van der Waals surface area contributed by atoms with Crippen LogP contribution in [0.15, 0.2) is 0 Å². The second kappa shape index (κ2) is 9.75. The zero-order chi connectivity index (χ0) is 14.8. The zero-order valence-electron chi connectivity index (χ0n) is 12.4. The molecule has 1 rings (SSSR count). The minimum atomic E-state index is -1.09. The molecular formula is C15H26NO4-. The lowest BCUT2D eigenvalue weighted by atomic mass is 9.79. The minimum Gasteiger partial charge on any atom is -0.550 e. The van der Waals surface area contributed by atoms with E-state index in [-0.39, 0.29) is 5.91 Å². The van der Waals surface area contributed by atoms with Gasteiger partial charge in [-0.05, 0) is 25.7 Å². The van der Waals surface area contributed by atoms with Gasteiger partial charge in [0.1, 0.15) is 0 Å². The summed E-state index contributed by atoms with van der Waals surface area (Å²) in [4.78, 5) is 23.0. The number of amides is 1. The van der Waals surface area contributed by atoms with Gasteiger partial charge in [0.05, 0.1) is 0 Å². The van der Waals surface area contributed by atoms with Crippen molar-refractivity contribution in [3.8, 4) is 0 Å². The number of carboxylic acids is 1. The van der Waals surface area contributed by atoms with E-state index in [4.69, 9.17) is 4.74 Å². The molecule has 0 bridgehead atoms. The van der Waals surface area contributed by atoms with Gasteiger partial charge in [0, 0.05) is 37.6 Å². The Hall–Kier alpha value is -1.10. The third-order valence-corrected chi connectivity index (χ3v) is 3.81. The second-order valence-electron chi connectivity index (χ2n) is 5.43. The number of rotatable bonds is 9. The highest BCUT2D eigenvalue weighted by Gasteiger charge is 2.31. The number of aliphatic carboxylic acids is 1. The molecule has 1 aliphatic rings. The van der Waals surface area contributed by atoms with Crippen LogP contribution in [0.2, 0.25) is 0 Å². The summed E-state index contributed by atoms with van der Waals surface area (Å²) in [6, 6.07) is 0. The van der Waals surface area contributed by atoms with E-state index in [1.54, 1.807) is 0 Å². The molecule has 1 amide bonds. The van der Waals surface area contributed by atoms with Crippen molar-refractivity contribution in [2.45, 2.75) is 51.9 Å². The molecule has 116 valence electrons. The van der Waals surface area contributed by atoms with Gasteiger partial charge >= 0.3 is 0 Å². The van der Waals surface area contributed by atoms with E-state index in [0.29, 0.717) is 26.0 Å². The fourth-order valence-corrected chi connectivity index (χ4v) is 2.59. The van der Waals surface area contributed by atoms with Crippen LogP contribution in [-0.4, -0.2) is 31.6 Å². The molecule has 0 heterocycles. The summed E-state index contributed by atoms with van der Waals surface area (Å²) < 4.78 is 5.41. The van der Waals surface area contributed by atoms with Gasteiger partial charge < -0.3 is 20.0 Å². The first kappa shape index (κ1) is 17.0. The van der Waals surface area contributed by atoms with E-state index in [1.165, 1.54) is 0 Å². The summed E-state index contributed by atoms with van der Waals surface area (Å²) in [6.07, 6.45) is 5.93. The van der Waals surface area contributed by atoms with Crippen LogP contribution < -0.4 is 10.4 Å². The highest BCUT2D eigenvalue weighted by Crippen LogP contribution is 2.29. The van der Waals surface area contributed by atoms with Gasteiger partial charge in [-0.25, -0.2) is 0 Å². The Morgan fingerprint density at radius 1 is 1.15 bits per heavy atom. The Kier molecular flexibility index (Phi) is 8.26. The summed E-state index contributed by atoms with van der Waals surface area (Å²) in [7, 11) is 0. The Balaban J connectivity index is 2.19. The van der Waals surface area contributed by atoms with Gasteiger partial charge in [0.15, 0.2) is 0 Å². The number of carbonyl (C=O) groups is 2. The molecule has 0 aromatic rings. The van der Waals surface area contributed by atoms with Gasteiger partial charge in [-0.3, -0.25) is 4.79 Å². The zero-order valence-corrected chi connectivity index (χ0v) is 12.4. The van der Waals surface area contributed by atoms with Crippen molar-refractivity contribution in [3.05, 3.63) is 0 Å². The van der Waals surface area contributed by atoms with E-state index in [0.717, 1.165) is 38.7 Å². The largest absolute Gasteiger partial charge is 0.550 e. The van der Waals surface area contributed by atoms with Crippen LogP contribution in [0.1, 0.15) is 51.9 Å². The Bertz CT molecular complexity index is 306. The van der Waals surface area contributed by atoms with Crippen LogP contribution in [0.3, 0.4) is 0 Å². The molecule has 1 aliphatic carbocycles. The van der Waals surface area contributed by atoms with Crippen molar-refractivity contribution < 1.29 is 19.4 Å². The number of hydrogen-bond donors (Lipinski definition) is 1. The average Bonchev–Trinajstić information content (AvgIpc) is 2.46. The number of unbranched alkanes of at least 4 members (excludes halogenated alkanes) is 1. The summed E-state index contributed by atoms with van der Waals surface area (Å²) in [6.45, 7) is 4.05. The smallest absolute Gasteiger partial charge is 0.223 e. The predicted octanol–water partition coefficient (Wildman–Crippen LogP) is 0.866. The number of ether oxygens (including phenoxy) is 1. The molecule has 0 saturated heterocycles. The monoisotopic (exact) mass is 284 g/mol. The molecule has 5 nitrogen and oxygen atoms in total. The van der Waals surface area contributed by atoms with E-state index in [2.05, 4.69) is 12.2 Å². The standard InChI is InChI=1S/C15H27NO4/c1-2-3-10-20-11-6-9-16-14(17)12-7-4-5-8-13(12)15(18)19/h12-13H,2-11H2,1H3,(H,16,17)(H,18,19)/p-1/t12-,13+/m0/s1. The average molecular weight is 284 g/mol. The first-order valence-corrected chi connectivity index (χ1v) is 7.73. The molecule has 2 atom stereocenters. The summed E-state index contributed by atoms with van der Waals surface area (Å²) in [5, 5.41) is 13.9. The predicted molar refractivity (Wildman–Crippen MR) is 73.8 cm³/mol. The molecule has 0 aromatic heterocycles. The van der Waals surface area contributed by atoms with Gasteiger partial charge in [-0.1, -0.05) is 26.2 Å². The first-order valence-electron chi connectivity index (χ1n) is 7.73. The van der Waals surface area contributed by atoms with Crippen LogP contribution in [-0.2, 0) is 14.3 Å². The van der Waals surface area contributed by atoms with Gasteiger partial charge in [0.25, 0.3) is 0 Å². The second-order valence-corrected chi connectivity index (χ2v) is 5.43. The molecule has 20 heavy (non-hydrogen) atoms. The summed E-state index contributed by atoms with van der Waals surface area (Å²) >= 11 is 0. The maximum Gasteiger partial charge on any atom is 0.223 e. The van der Waals surface area contributed by atoms with Crippen LogP contribution in [0.4, 0.5) is 0 Å². The van der Waals surface area contributed by atoms with Crippen molar-refractivity contribution in [2.75, 3.05) is 19.8 Å². The van der Waals surface area contributed by atoms with E-state index >= 15 is 0 Å². The molecule has 1 saturated carbocycles.